The van der Waals surface area contributed by atoms with Gasteiger partial charge in [-0.2, -0.15) is 0 Å². The number of aromatic nitrogens is 2. The molecule has 0 spiro atoms. The quantitative estimate of drug-likeness (QED) is 0.881. The van der Waals surface area contributed by atoms with E-state index in [0.29, 0.717) is 12.6 Å². The van der Waals surface area contributed by atoms with Gasteiger partial charge in [-0.3, -0.25) is 0 Å². The fourth-order valence-corrected chi connectivity index (χ4v) is 1.99. The van der Waals surface area contributed by atoms with Crippen LogP contribution in [0, 0.1) is 6.92 Å². The lowest BCUT2D eigenvalue weighted by atomic mass is 10.2. The molecule has 0 saturated carbocycles. The van der Waals surface area contributed by atoms with Crippen molar-refractivity contribution in [3.63, 3.8) is 0 Å². The summed E-state index contributed by atoms with van der Waals surface area (Å²) >= 11 is 0. The maximum atomic E-state index is 5.10. The molecule has 0 aliphatic heterocycles. The molecular weight excluding hydrogens is 214 g/mol. The molecule has 1 N–H and O–H groups in total. The summed E-state index contributed by atoms with van der Waals surface area (Å²) < 4.78 is 7.20. The van der Waals surface area contributed by atoms with Gasteiger partial charge in [0.25, 0.3) is 0 Å². The van der Waals surface area contributed by atoms with E-state index in [2.05, 4.69) is 40.0 Å². The number of benzene rings is 1. The highest BCUT2D eigenvalue weighted by atomic mass is 16.5. The molecule has 4 nitrogen and oxygen atoms in total. The number of nitrogens with zero attached hydrogens (tertiary/aromatic N) is 2. The monoisotopic (exact) mass is 233 g/mol. The number of nitrogens with one attached hydrogen (secondary N) is 1. The standard InChI is InChI=1S/C13H19N3O/c1-9(8-17-4)14-11-5-6-13-12(7-11)15-10(2)16(13)3/h5-7,9,14H,8H2,1-4H3/t9-/m1/s1. The Labute approximate surface area is 102 Å². The predicted molar refractivity (Wildman–Crippen MR) is 70.4 cm³/mol. The maximum Gasteiger partial charge on any atom is 0.106 e. The van der Waals surface area contributed by atoms with E-state index in [-0.39, 0.29) is 0 Å². The molecule has 2 rings (SSSR count). The minimum Gasteiger partial charge on any atom is -0.383 e. The van der Waals surface area contributed by atoms with Gasteiger partial charge in [0.1, 0.15) is 5.82 Å². The van der Waals surface area contributed by atoms with Crippen molar-refractivity contribution in [2.45, 2.75) is 19.9 Å². The zero-order chi connectivity index (χ0) is 12.4. The fourth-order valence-electron chi connectivity index (χ4n) is 1.99. The topological polar surface area (TPSA) is 39.1 Å². The van der Waals surface area contributed by atoms with Gasteiger partial charge in [-0.25, -0.2) is 4.98 Å². The van der Waals surface area contributed by atoms with Gasteiger partial charge >= 0.3 is 0 Å². The van der Waals surface area contributed by atoms with Crippen molar-refractivity contribution in [1.82, 2.24) is 9.55 Å². The number of ether oxygens (including phenoxy) is 1. The Morgan fingerprint density at radius 3 is 2.94 bits per heavy atom. The van der Waals surface area contributed by atoms with E-state index in [4.69, 9.17) is 4.74 Å². The second kappa shape index (κ2) is 4.75. The highest BCUT2D eigenvalue weighted by Crippen LogP contribution is 2.19. The van der Waals surface area contributed by atoms with Crippen LogP contribution in [-0.2, 0) is 11.8 Å². The van der Waals surface area contributed by atoms with Crippen LogP contribution in [0.15, 0.2) is 18.2 Å². The molecule has 1 aromatic heterocycles. The Balaban J connectivity index is 2.26. The normalized spacial score (nSPS) is 12.9. The van der Waals surface area contributed by atoms with Gasteiger partial charge in [-0.1, -0.05) is 0 Å². The Bertz CT molecular complexity index is 519. The molecule has 0 radical (unpaired) electrons. The first-order valence-corrected chi connectivity index (χ1v) is 5.80. The van der Waals surface area contributed by atoms with E-state index in [1.165, 1.54) is 0 Å². The molecule has 92 valence electrons. The molecule has 1 atom stereocenters. The van der Waals surface area contributed by atoms with Gasteiger partial charge in [0.05, 0.1) is 17.6 Å². The van der Waals surface area contributed by atoms with E-state index >= 15 is 0 Å². The molecule has 1 heterocycles. The van der Waals surface area contributed by atoms with E-state index < -0.39 is 0 Å². The summed E-state index contributed by atoms with van der Waals surface area (Å²) in [5.74, 6) is 1.03. The second-order valence-corrected chi connectivity index (χ2v) is 4.42. The first-order valence-electron chi connectivity index (χ1n) is 5.80. The summed E-state index contributed by atoms with van der Waals surface area (Å²) in [6.07, 6.45) is 0. The van der Waals surface area contributed by atoms with Crippen LogP contribution in [-0.4, -0.2) is 29.3 Å². The van der Waals surface area contributed by atoms with E-state index in [0.717, 1.165) is 22.5 Å². The summed E-state index contributed by atoms with van der Waals surface area (Å²) in [7, 11) is 3.74. The Morgan fingerprint density at radius 2 is 2.24 bits per heavy atom. The van der Waals surface area contributed by atoms with Crippen LogP contribution in [0.25, 0.3) is 11.0 Å². The smallest absolute Gasteiger partial charge is 0.106 e. The van der Waals surface area contributed by atoms with Crippen molar-refractivity contribution in [2.24, 2.45) is 7.05 Å². The molecule has 0 amide bonds. The van der Waals surface area contributed by atoms with E-state index in [9.17, 15) is 0 Å². The van der Waals surface area contributed by atoms with Gasteiger partial charge in [-0.05, 0) is 32.0 Å². The average Bonchev–Trinajstić information content (AvgIpc) is 2.55. The van der Waals surface area contributed by atoms with E-state index in [1.807, 2.05) is 14.0 Å². The highest BCUT2D eigenvalue weighted by Gasteiger charge is 2.06. The molecular formula is C13H19N3O. The fraction of sp³-hybridized carbons (Fsp3) is 0.462. The molecule has 0 aliphatic carbocycles. The number of hydrogen-bond donors (Lipinski definition) is 1. The van der Waals surface area contributed by atoms with Crippen LogP contribution >= 0.6 is 0 Å². The number of imidazole rings is 1. The lowest BCUT2D eigenvalue weighted by Crippen LogP contribution is -2.20. The third-order valence-corrected chi connectivity index (χ3v) is 2.93. The van der Waals surface area contributed by atoms with Crippen molar-refractivity contribution in [2.75, 3.05) is 19.0 Å². The number of anilines is 1. The largest absolute Gasteiger partial charge is 0.383 e. The zero-order valence-corrected chi connectivity index (χ0v) is 10.8. The van der Waals surface area contributed by atoms with Crippen LogP contribution in [0.4, 0.5) is 5.69 Å². The number of aryl methyl sites for hydroxylation is 2. The summed E-state index contributed by atoms with van der Waals surface area (Å²) in [5, 5.41) is 3.39. The van der Waals surface area contributed by atoms with Crippen molar-refractivity contribution in [1.29, 1.82) is 0 Å². The number of rotatable bonds is 4. The molecule has 2 aromatic rings. The first kappa shape index (κ1) is 11.9. The maximum absolute atomic E-state index is 5.10. The van der Waals surface area contributed by atoms with Gasteiger partial charge in [0, 0.05) is 25.9 Å². The lowest BCUT2D eigenvalue weighted by Gasteiger charge is -2.13. The molecule has 17 heavy (non-hydrogen) atoms. The van der Waals surface area contributed by atoms with Crippen molar-refractivity contribution in [3.05, 3.63) is 24.0 Å². The number of methoxy groups -OCH3 is 1. The molecule has 0 saturated heterocycles. The van der Waals surface area contributed by atoms with Crippen LogP contribution < -0.4 is 5.32 Å². The first-order chi connectivity index (χ1) is 8.11. The van der Waals surface area contributed by atoms with Crippen molar-refractivity contribution >= 4 is 16.7 Å². The molecule has 1 aromatic carbocycles. The van der Waals surface area contributed by atoms with Crippen LogP contribution in [0.1, 0.15) is 12.7 Å². The number of hydrogen-bond acceptors (Lipinski definition) is 3. The Kier molecular flexibility index (Phi) is 3.33. The molecule has 0 bridgehead atoms. The van der Waals surface area contributed by atoms with E-state index in [1.54, 1.807) is 7.11 Å². The van der Waals surface area contributed by atoms with Gasteiger partial charge in [0.2, 0.25) is 0 Å². The summed E-state index contributed by atoms with van der Waals surface area (Å²) in [5.41, 5.74) is 3.27. The SMILES string of the molecule is COC[C@@H](C)Nc1ccc2c(c1)nc(C)n2C. The lowest BCUT2D eigenvalue weighted by molar-refractivity contribution is 0.190. The molecule has 0 aliphatic rings. The summed E-state index contributed by atoms with van der Waals surface area (Å²) in [6, 6.07) is 6.55. The van der Waals surface area contributed by atoms with Crippen molar-refractivity contribution in [3.8, 4) is 0 Å². The minimum absolute atomic E-state index is 0.294. The Hall–Kier alpha value is -1.55. The Morgan fingerprint density at radius 1 is 1.47 bits per heavy atom. The third-order valence-electron chi connectivity index (χ3n) is 2.93. The van der Waals surface area contributed by atoms with Crippen LogP contribution in [0.2, 0.25) is 0 Å². The summed E-state index contributed by atoms with van der Waals surface area (Å²) in [6.45, 7) is 4.80. The summed E-state index contributed by atoms with van der Waals surface area (Å²) in [4.78, 5) is 4.52. The second-order valence-electron chi connectivity index (χ2n) is 4.42. The third kappa shape index (κ3) is 2.42. The van der Waals surface area contributed by atoms with Crippen molar-refractivity contribution < 1.29 is 4.74 Å². The average molecular weight is 233 g/mol. The molecule has 0 fully saturated rings. The van der Waals surface area contributed by atoms with Crippen LogP contribution in [0.5, 0.6) is 0 Å². The van der Waals surface area contributed by atoms with Gasteiger partial charge < -0.3 is 14.6 Å². The van der Waals surface area contributed by atoms with Crippen LogP contribution in [0.3, 0.4) is 0 Å². The predicted octanol–water partition coefficient (Wildman–Crippen LogP) is 2.33. The minimum atomic E-state index is 0.294. The number of fused-ring (bicyclic) bond motifs is 1. The molecule has 4 heteroatoms. The highest BCUT2D eigenvalue weighted by molar-refractivity contribution is 5.80. The van der Waals surface area contributed by atoms with Gasteiger partial charge in [-0.15, -0.1) is 0 Å². The molecule has 0 unspecified atom stereocenters. The van der Waals surface area contributed by atoms with Gasteiger partial charge in [0.15, 0.2) is 0 Å². The zero-order valence-electron chi connectivity index (χ0n) is 10.8.